The van der Waals surface area contributed by atoms with Crippen molar-refractivity contribution in [2.24, 2.45) is 0 Å². The molecule has 150 valence electrons. The molecule has 0 saturated carbocycles. The van der Waals surface area contributed by atoms with Crippen LogP contribution in [0.4, 0.5) is 20.2 Å². The smallest absolute Gasteiger partial charge is 0.225 e. The third-order valence-electron chi connectivity index (χ3n) is 4.71. The molecule has 1 amide bonds. The Morgan fingerprint density at radius 2 is 1.89 bits per heavy atom. The molecule has 0 bridgehead atoms. The van der Waals surface area contributed by atoms with Crippen molar-refractivity contribution in [3.63, 3.8) is 0 Å². The molecule has 1 heterocycles. The van der Waals surface area contributed by atoms with Crippen LogP contribution in [0.1, 0.15) is 12.0 Å². The Bertz CT molecular complexity index is 810. The molecule has 28 heavy (non-hydrogen) atoms. The van der Waals surface area contributed by atoms with Gasteiger partial charge in [0.2, 0.25) is 5.91 Å². The first-order chi connectivity index (χ1) is 13.5. The second kappa shape index (κ2) is 9.61. The molecular weight excluding hydrogens is 364 g/mol. The van der Waals surface area contributed by atoms with E-state index in [4.69, 9.17) is 4.74 Å². The number of amides is 1. The quantitative estimate of drug-likeness (QED) is 0.790. The first-order valence-electron chi connectivity index (χ1n) is 9.37. The third-order valence-corrected chi connectivity index (χ3v) is 4.71. The number of rotatable bonds is 7. The second-order valence-electron chi connectivity index (χ2n) is 6.89. The maximum atomic E-state index is 13.2. The molecule has 1 aliphatic rings. The summed E-state index contributed by atoms with van der Waals surface area (Å²) >= 11 is 0. The van der Waals surface area contributed by atoms with Crippen molar-refractivity contribution in [3.8, 4) is 0 Å². The number of hydrogen-bond acceptors (Lipinski definition) is 4. The monoisotopic (exact) mass is 389 g/mol. The Labute approximate surface area is 163 Å². The highest BCUT2D eigenvalue weighted by atomic mass is 19.2. The average Bonchev–Trinajstić information content (AvgIpc) is 2.70. The number of hydrogen-bond donors (Lipinski definition) is 1. The Morgan fingerprint density at radius 1 is 1.14 bits per heavy atom. The van der Waals surface area contributed by atoms with E-state index in [1.807, 2.05) is 19.2 Å². The summed E-state index contributed by atoms with van der Waals surface area (Å²) in [6.45, 7) is 4.47. The van der Waals surface area contributed by atoms with Gasteiger partial charge in [-0.2, -0.15) is 0 Å². The standard InChI is InChI=1S/C21H25F2N3O2/c1-25(9-8-21(27)24-17-6-7-18(22)19(23)14-17)15-16-4-2-3-5-20(16)26-10-12-28-13-11-26/h2-7,14H,8-13,15H2,1H3,(H,24,27). The van der Waals surface area contributed by atoms with Gasteiger partial charge in [0.15, 0.2) is 11.6 Å². The Morgan fingerprint density at radius 3 is 2.64 bits per heavy atom. The lowest BCUT2D eigenvalue weighted by Gasteiger charge is -2.31. The van der Waals surface area contributed by atoms with Crippen LogP contribution in [0, 0.1) is 11.6 Å². The maximum absolute atomic E-state index is 13.2. The summed E-state index contributed by atoms with van der Waals surface area (Å²) in [7, 11) is 1.96. The zero-order valence-electron chi connectivity index (χ0n) is 16.0. The fourth-order valence-electron chi connectivity index (χ4n) is 3.22. The minimum absolute atomic E-state index is 0.237. The van der Waals surface area contributed by atoms with Gasteiger partial charge in [0.1, 0.15) is 0 Å². The topological polar surface area (TPSA) is 44.8 Å². The largest absolute Gasteiger partial charge is 0.378 e. The number of nitrogens with one attached hydrogen (secondary N) is 1. The first-order valence-corrected chi connectivity index (χ1v) is 9.37. The fourth-order valence-corrected chi connectivity index (χ4v) is 3.22. The van der Waals surface area contributed by atoms with E-state index in [9.17, 15) is 13.6 Å². The number of morpholine rings is 1. The fraction of sp³-hybridized carbons (Fsp3) is 0.381. The van der Waals surface area contributed by atoms with Gasteiger partial charge in [-0.05, 0) is 30.8 Å². The van der Waals surface area contributed by atoms with E-state index in [-0.39, 0.29) is 18.0 Å². The van der Waals surface area contributed by atoms with Gasteiger partial charge in [0.25, 0.3) is 0 Å². The number of para-hydroxylation sites is 1. The lowest BCUT2D eigenvalue weighted by molar-refractivity contribution is -0.116. The van der Waals surface area contributed by atoms with Crippen LogP contribution in [0.15, 0.2) is 42.5 Å². The molecule has 1 aliphatic heterocycles. The van der Waals surface area contributed by atoms with Gasteiger partial charge >= 0.3 is 0 Å². The lowest BCUT2D eigenvalue weighted by Crippen LogP contribution is -2.37. The van der Waals surface area contributed by atoms with Gasteiger partial charge in [-0.1, -0.05) is 18.2 Å². The molecule has 1 saturated heterocycles. The Hall–Kier alpha value is -2.51. The Kier molecular flexibility index (Phi) is 6.95. The number of carbonyl (C=O) groups excluding carboxylic acids is 1. The van der Waals surface area contributed by atoms with E-state index in [2.05, 4.69) is 27.2 Å². The molecule has 1 fully saturated rings. The molecule has 0 atom stereocenters. The summed E-state index contributed by atoms with van der Waals surface area (Å²) in [6, 6.07) is 11.6. The molecule has 0 radical (unpaired) electrons. The van der Waals surface area contributed by atoms with Crippen LogP contribution >= 0.6 is 0 Å². The van der Waals surface area contributed by atoms with Crippen molar-refractivity contribution in [2.75, 3.05) is 50.1 Å². The van der Waals surface area contributed by atoms with Gasteiger partial charge in [-0.15, -0.1) is 0 Å². The van der Waals surface area contributed by atoms with Gasteiger partial charge in [-0.3, -0.25) is 4.79 Å². The molecule has 2 aromatic carbocycles. The molecular formula is C21H25F2N3O2. The van der Waals surface area contributed by atoms with Gasteiger partial charge < -0.3 is 19.9 Å². The van der Waals surface area contributed by atoms with Crippen molar-refractivity contribution in [1.82, 2.24) is 4.90 Å². The third kappa shape index (κ3) is 5.50. The van der Waals surface area contributed by atoms with E-state index in [1.54, 1.807) is 0 Å². The highest BCUT2D eigenvalue weighted by Crippen LogP contribution is 2.22. The normalized spacial score (nSPS) is 14.4. The molecule has 5 nitrogen and oxygen atoms in total. The number of halogens is 2. The number of carbonyl (C=O) groups is 1. The number of benzene rings is 2. The number of nitrogens with zero attached hydrogens (tertiary/aromatic N) is 2. The van der Waals surface area contributed by atoms with Crippen molar-refractivity contribution >= 4 is 17.3 Å². The van der Waals surface area contributed by atoms with E-state index in [1.165, 1.54) is 17.3 Å². The molecule has 0 aliphatic carbocycles. The average molecular weight is 389 g/mol. The minimum Gasteiger partial charge on any atom is -0.378 e. The van der Waals surface area contributed by atoms with E-state index < -0.39 is 11.6 Å². The van der Waals surface area contributed by atoms with Crippen LogP contribution in [-0.2, 0) is 16.1 Å². The summed E-state index contributed by atoms with van der Waals surface area (Å²) in [6.07, 6.45) is 0.259. The minimum atomic E-state index is -0.977. The predicted molar refractivity (Wildman–Crippen MR) is 105 cm³/mol. The second-order valence-corrected chi connectivity index (χ2v) is 6.89. The molecule has 0 unspecified atom stereocenters. The van der Waals surface area contributed by atoms with Gasteiger partial charge in [0.05, 0.1) is 13.2 Å². The summed E-state index contributed by atoms with van der Waals surface area (Å²) in [5, 5.41) is 2.60. The first kappa shape index (κ1) is 20.2. The van der Waals surface area contributed by atoms with Gasteiger partial charge in [-0.25, -0.2) is 8.78 Å². The van der Waals surface area contributed by atoms with Crippen LogP contribution in [0.3, 0.4) is 0 Å². The SMILES string of the molecule is CN(CCC(=O)Nc1ccc(F)c(F)c1)Cc1ccccc1N1CCOCC1. The van der Waals surface area contributed by atoms with Crippen LogP contribution in [0.25, 0.3) is 0 Å². The molecule has 7 heteroatoms. The van der Waals surface area contributed by atoms with Crippen LogP contribution in [-0.4, -0.2) is 50.7 Å². The molecule has 0 spiro atoms. The van der Waals surface area contributed by atoms with Gasteiger partial charge in [0, 0.05) is 50.0 Å². The van der Waals surface area contributed by atoms with Crippen molar-refractivity contribution in [2.45, 2.75) is 13.0 Å². The molecule has 0 aromatic heterocycles. The van der Waals surface area contributed by atoms with E-state index in [0.29, 0.717) is 13.1 Å². The van der Waals surface area contributed by atoms with Crippen molar-refractivity contribution in [1.29, 1.82) is 0 Å². The zero-order valence-corrected chi connectivity index (χ0v) is 16.0. The highest BCUT2D eigenvalue weighted by Gasteiger charge is 2.15. The lowest BCUT2D eigenvalue weighted by atomic mass is 10.1. The summed E-state index contributed by atoms with van der Waals surface area (Å²) < 4.78 is 31.6. The zero-order chi connectivity index (χ0) is 19.9. The summed E-state index contributed by atoms with van der Waals surface area (Å²) in [4.78, 5) is 16.5. The van der Waals surface area contributed by atoms with Crippen LogP contribution in [0.2, 0.25) is 0 Å². The summed E-state index contributed by atoms with van der Waals surface area (Å²) in [5.41, 5.74) is 2.65. The van der Waals surface area contributed by atoms with Crippen LogP contribution < -0.4 is 10.2 Å². The Balaban J connectivity index is 1.52. The van der Waals surface area contributed by atoms with Crippen molar-refractivity contribution < 1.29 is 18.3 Å². The van der Waals surface area contributed by atoms with Crippen molar-refractivity contribution in [3.05, 3.63) is 59.7 Å². The van der Waals surface area contributed by atoms with E-state index in [0.717, 1.165) is 38.4 Å². The number of ether oxygens (including phenoxy) is 1. The maximum Gasteiger partial charge on any atom is 0.225 e. The predicted octanol–water partition coefficient (Wildman–Crippen LogP) is 3.26. The van der Waals surface area contributed by atoms with E-state index >= 15 is 0 Å². The van der Waals surface area contributed by atoms with Crippen LogP contribution in [0.5, 0.6) is 0 Å². The summed E-state index contributed by atoms with van der Waals surface area (Å²) in [5.74, 6) is -2.15. The molecule has 3 rings (SSSR count). The molecule has 2 aromatic rings. The number of anilines is 2. The molecule has 1 N–H and O–H groups in total. The highest BCUT2D eigenvalue weighted by molar-refractivity contribution is 5.90.